The molecule has 1 aromatic carbocycles. The fourth-order valence-electron chi connectivity index (χ4n) is 4.11. The van der Waals surface area contributed by atoms with Crippen LogP contribution in [0.25, 0.3) is 20.9 Å². The van der Waals surface area contributed by atoms with Gasteiger partial charge in [-0.25, -0.2) is 4.98 Å². The van der Waals surface area contributed by atoms with Crippen LogP contribution >= 0.6 is 22.7 Å². The van der Waals surface area contributed by atoms with E-state index >= 15 is 0 Å². The minimum Gasteiger partial charge on any atom is -0.340 e. The highest BCUT2D eigenvalue weighted by molar-refractivity contribution is 7.18. The molecule has 7 nitrogen and oxygen atoms in total. The predicted octanol–water partition coefficient (Wildman–Crippen LogP) is 4.51. The van der Waals surface area contributed by atoms with Crippen molar-refractivity contribution in [3.05, 3.63) is 52.7 Å². The van der Waals surface area contributed by atoms with E-state index in [4.69, 9.17) is 4.52 Å². The van der Waals surface area contributed by atoms with Crippen molar-refractivity contribution in [3.63, 3.8) is 0 Å². The zero-order valence-corrected chi connectivity index (χ0v) is 20.1. The van der Waals surface area contributed by atoms with Gasteiger partial charge >= 0.3 is 0 Å². The standard InChI is InChI=1S/C24H27N5O2S2/c30-23(11-3-10-22-25-18-6-1-2-7-19(18)33-22)29-15-13-28(14-16-29)12-4-9-21-26-24(27-31-21)20-8-5-17-32-20/h1-2,5-8,17H,3-4,9-16H2. The molecular formula is C24H27N5O2S2. The third-order valence-corrected chi connectivity index (χ3v) is 7.88. The van der Waals surface area contributed by atoms with E-state index < -0.39 is 0 Å². The van der Waals surface area contributed by atoms with E-state index in [1.54, 1.807) is 22.7 Å². The van der Waals surface area contributed by atoms with Crippen LogP contribution in [0.2, 0.25) is 0 Å². The lowest BCUT2D eigenvalue weighted by Gasteiger charge is -2.34. The summed E-state index contributed by atoms with van der Waals surface area (Å²) in [4.78, 5) is 27.3. The third kappa shape index (κ3) is 5.66. The number of piperazine rings is 1. The van der Waals surface area contributed by atoms with E-state index in [0.717, 1.165) is 73.8 Å². The lowest BCUT2D eigenvalue weighted by molar-refractivity contribution is -0.133. The molecule has 0 unspecified atom stereocenters. The van der Waals surface area contributed by atoms with Crippen molar-refractivity contribution in [1.29, 1.82) is 0 Å². The second kappa shape index (κ2) is 10.5. The second-order valence-corrected chi connectivity index (χ2v) is 10.3. The molecule has 172 valence electrons. The third-order valence-electron chi connectivity index (χ3n) is 5.92. The molecule has 1 amide bonds. The molecule has 9 heteroatoms. The molecule has 0 saturated carbocycles. The van der Waals surface area contributed by atoms with E-state index in [9.17, 15) is 4.79 Å². The predicted molar refractivity (Wildman–Crippen MR) is 132 cm³/mol. The van der Waals surface area contributed by atoms with Crippen molar-refractivity contribution >= 4 is 38.8 Å². The van der Waals surface area contributed by atoms with Gasteiger partial charge in [-0.05, 0) is 49.4 Å². The summed E-state index contributed by atoms with van der Waals surface area (Å²) in [6.07, 6.45) is 4.08. The number of aryl methyl sites for hydroxylation is 2. The molecule has 0 spiro atoms. The van der Waals surface area contributed by atoms with Crippen LogP contribution in [0.1, 0.15) is 30.2 Å². The number of thiophene rings is 1. The number of carbonyl (C=O) groups is 1. The quantitative estimate of drug-likeness (QED) is 0.350. The number of carbonyl (C=O) groups excluding carboxylic acids is 1. The minimum absolute atomic E-state index is 0.266. The Balaban J connectivity index is 0.989. The molecule has 0 N–H and O–H groups in total. The number of aromatic nitrogens is 3. The van der Waals surface area contributed by atoms with Crippen LogP contribution in [0.5, 0.6) is 0 Å². The number of para-hydroxylation sites is 1. The highest BCUT2D eigenvalue weighted by Gasteiger charge is 2.21. The first-order valence-corrected chi connectivity index (χ1v) is 13.2. The average molecular weight is 482 g/mol. The van der Waals surface area contributed by atoms with Gasteiger partial charge in [0, 0.05) is 39.0 Å². The molecule has 4 aromatic rings. The van der Waals surface area contributed by atoms with Crippen molar-refractivity contribution in [2.24, 2.45) is 0 Å². The number of rotatable bonds is 9. The van der Waals surface area contributed by atoms with E-state index in [0.29, 0.717) is 18.1 Å². The summed E-state index contributed by atoms with van der Waals surface area (Å²) in [6.45, 7) is 4.45. The largest absolute Gasteiger partial charge is 0.340 e. The van der Waals surface area contributed by atoms with Crippen LogP contribution in [0.3, 0.4) is 0 Å². The molecule has 1 fully saturated rings. The summed E-state index contributed by atoms with van der Waals surface area (Å²) in [5.41, 5.74) is 1.06. The molecule has 0 radical (unpaired) electrons. The SMILES string of the molecule is O=C(CCCc1nc2ccccc2s1)N1CCN(CCCc2nc(-c3cccs3)no2)CC1. The lowest BCUT2D eigenvalue weighted by atomic mass is 10.2. The Kier molecular flexibility index (Phi) is 7.09. The Bertz CT molecular complexity index is 1150. The van der Waals surface area contributed by atoms with E-state index in [1.807, 2.05) is 40.6 Å². The normalized spacial score (nSPS) is 14.8. The number of hydrogen-bond acceptors (Lipinski definition) is 8. The number of amides is 1. The van der Waals surface area contributed by atoms with Gasteiger partial charge < -0.3 is 9.42 Å². The molecule has 33 heavy (non-hydrogen) atoms. The van der Waals surface area contributed by atoms with Crippen LogP contribution in [0.15, 0.2) is 46.3 Å². The number of thiazole rings is 1. The molecule has 1 aliphatic rings. The Morgan fingerprint density at radius 2 is 1.88 bits per heavy atom. The van der Waals surface area contributed by atoms with Gasteiger partial charge in [0.25, 0.3) is 0 Å². The Hall–Kier alpha value is -2.62. The van der Waals surface area contributed by atoms with Gasteiger partial charge in [-0.15, -0.1) is 22.7 Å². The maximum atomic E-state index is 12.6. The van der Waals surface area contributed by atoms with Crippen LogP contribution < -0.4 is 0 Å². The summed E-state index contributed by atoms with van der Waals surface area (Å²) >= 11 is 3.35. The van der Waals surface area contributed by atoms with E-state index in [2.05, 4.69) is 26.1 Å². The maximum absolute atomic E-state index is 12.6. The smallest absolute Gasteiger partial charge is 0.227 e. The molecule has 0 aliphatic carbocycles. The summed E-state index contributed by atoms with van der Waals surface area (Å²) in [5, 5.41) is 7.21. The summed E-state index contributed by atoms with van der Waals surface area (Å²) in [5.74, 6) is 1.64. The molecule has 0 bridgehead atoms. The summed E-state index contributed by atoms with van der Waals surface area (Å²) in [6, 6.07) is 12.2. The summed E-state index contributed by atoms with van der Waals surface area (Å²) < 4.78 is 6.60. The van der Waals surface area contributed by atoms with Crippen LogP contribution in [0, 0.1) is 0 Å². The fraction of sp³-hybridized carbons (Fsp3) is 0.417. The second-order valence-electron chi connectivity index (χ2n) is 8.24. The molecule has 5 rings (SSSR count). The molecule has 4 heterocycles. The highest BCUT2D eigenvalue weighted by Crippen LogP contribution is 2.23. The zero-order chi connectivity index (χ0) is 22.5. The Morgan fingerprint density at radius 3 is 2.70 bits per heavy atom. The van der Waals surface area contributed by atoms with Crippen LogP contribution in [0.4, 0.5) is 0 Å². The van der Waals surface area contributed by atoms with Gasteiger partial charge in [-0.2, -0.15) is 4.98 Å². The first-order chi connectivity index (χ1) is 16.2. The van der Waals surface area contributed by atoms with Gasteiger partial charge in [-0.1, -0.05) is 23.4 Å². The number of hydrogen-bond donors (Lipinski definition) is 0. The van der Waals surface area contributed by atoms with Crippen molar-refractivity contribution in [2.75, 3.05) is 32.7 Å². The molecule has 1 saturated heterocycles. The molecular weight excluding hydrogens is 454 g/mol. The van der Waals surface area contributed by atoms with Gasteiger partial charge in [-0.3, -0.25) is 9.69 Å². The van der Waals surface area contributed by atoms with Crippen LogP contribution in [-0.4, -0.2) is 63.6 Å². The van der Waals surface area contributed by atoms with Crippen LogP contribution in [-0.2, 0) is 17.6 Å². The maximum Gasteiger partial charge on any atom is 0.227 e. The van der Waals surface area contributed by atoms with Gasteiger partial charge in [0.05, 0.1) is 20.1 Å². The molecule has 0 atom stereocenters. The van der Waals surface area contributed by atoms with Crippen molar-refractivity contribution < 1.29 is 9.32 Å². The van der Waals surface area contributed by atoms with Crippen molar-refractivity contribution in [1.82, 2.24) is 24.9 Å². The van der Waals surface area contributed by atoms with Gasteiger partial charge in [0.2, 0.25) is 17.6 Å². The number of nitrogens with zero attached hydrogens (tertiary/aromatic N) is 5. The molecule has 3 aromatic heterocycles. The first-order valence-electron chi connectivity index (χ1n) is 11.5. The Morgan fingerprint density at radius 1 is 1.00 bits per heavy atom. The van der Waals surface area contributed by atoms with Crippen molar-refractivity contribution in [3.8, 4) is 10.7 Å². The highest BCUT2D eigenvalue weighted by atomic mass is 32.1. The Labute approximate surface area is 201 Å². The zero-order valence-electron chi connectivity index (χ0n) is 18.5. The first kappa shape index (κ1) is 22.2. The van der Waals surface area contributed by atoms with E-state index in [1.165, 1.54) is 4.70 Å². The number of benzene rings is 1. The minimum atomic E-state index is 0.266. The summed E-state index contributed by atoms with van der Waals surface area (Å²) in [7, 11) is 0. The van der Waals surface area contributed by atoms with E-state index in [-0.39, 0.29) is 5.91 Å². The number of fused-ring (bicyclic) bond motifs is 1. The fourth-order valence-corrected chi connectivity index (χ4v) is 5.77. The van der Waals surface area contributed by atoms with Gasteiger partial charge in [0.1, 0.15) is 0 Å². The van der Waals surface area contributed by atoms with Crippen molar-refractivity contribution in [2.45, 2.75) is 32.1 Å². The average Bonchev–Trinajstić information content (AvgIpc) is 3.59. The monoisotopic (exact) mass is 481 g/mol. The molecule has 1 aliphatic heterocycles. The lowest BCUT2D eigenvalue weighted by Crippen LogP contribution is -2.48. The van der Waals surface area contributed by atoms with Gasteiger partial charge in [0.15, 0.2) is 0 Å². The topological polar surface area (TPSA) is 75.4 Å².